The number of anilines is 1. The molecule has 0 unspecified atom stereocenters. The van der Waals surface area contributed by atoms with Crippen LogP contribution in [0.1, 0.15) is 11.1 Å². The number of nitrogens with zero attached hydrogens (tertiary/aromatic N) is 1. The molecule has 0 heterocycles. The summed E-state index contributed by atoms with van der Waals surface area (Å²) in [5.74, 6) is 0.934. The van der Waals surface area contributed by atoms with Crippen LogP contribution in [0, 0.1) is 6.92 Å². The predicted octanol–water partition coefficient (Wildman–Crippen LogP) is 3.64. The van der Waals surface area contributed by atoms with Crippen LogP contribution >= 0.6 is 0 Å². The standard InChI is InChI=1S/C16H19NO/c1-13-9-10-15(17(2)3)16(11-13)18-12-14-7-5-4-6-8-14/h4-11H,12H2,1-3H3. The van der Waals surface area contributed by atoms with E-state index in [1.54, 1.807) is 0 Å². The van der Waals surface area contributed by atoms with Crippen molar-refractivity contribution in [2.24, 2.45) is 0 Å². The Hall–Kier alpha value is -1.96. The molecule has 2 aromatic rings. The number of benzene rings is 2. The third-order valence-corrected chi connectivity index (χ3v) is 2.83. The fourth-order valence-corrected chi connectivity index (χ4v) is 1.84. The monoisotopic (exact) mass is 241 g/mol. The molecule has 94 valence electrons. The summed E-state index contributed by atoms with van der Waals surface area (Å²) in [6.07, 6.45) is 0. The molecular weight excluding hydrogens is 222 g/mol. The second kappa shape index (κ2) is 5.58. The molecule has 0 N–H and O–H groups in total. The number of ether oxygens (including phenoxy) is 1. The van der Waals surface area contributed by atoms with Crippen molar-refractivity contribution in [3.63, 3.8) is 0 Å². The van der Waals surface area contributed by atoms with E-state index in [0.717, 1.165) is 11.4 Å². The van der Waals surface area contributed by atoms with Gasteiger partial charge in [0.2, 0.25) is 0 Å². The summed E-state index contributed by atoms with van der Waals surface area (Å²) in [6.45, 7) is 2.68. The van der Waals surface area contributed by atoms with E-state index in [4.69, 9.17) is 4.74 Å². The van der Waals surface area contributed by atoms with Gasteiger partial charge in [0, 0.05) is 14.1 Å². The molecule has 0 saturated carbocycles. The first kappa shape index (κ1) is 12.5. The molecular formula is C16H19NO. The van der Waals surface area contributed by atoms with Crippen molar-refractivity contribution in [3.8, 4) is 5.75 Å². The van der Waals surface area contributed by atoms with E-state index >= 15 is 0 Å². The van der Waals surface area contributed by atoms with Crippen molar-refractivity contribution in [1.29, 1.82) is 0 Å². The summed E-state index contributed by atoms with van der Waals surface area (Å²) in [6, 6.07) is 16.5. The number of hydrogen-bond donors (Lipinski definition) is 0. The zero-order valence-corrected chi connectivity index (χ0v) is 11.2. The van der Waals surface area contributed by atoms with Crippen LogP contribution in [0.15, 0.2) is 48.5 Å². The Labute approximate surface area is 109 Å². The summed E-state index contributed by atoms with van der Waals surface area (Å²) < 4.78 is 5.92. The molecule has 0 aliphatic carbocycles. The highest BCUT2D eigenvalue weighted by Gasteiger charge is 2.06. The van der Waals surface area contributed by atoms with Gasteiger partial charge < -0.3 is 9.64 Å². The Balaban J connectivity index is 2.15. The van der Waals surface area contributed by atoms with E-state index in [1.807, 2.05) is 32.3 Å². The van der Waals surface area contributed by atoms with E-state index in [9.17, 15) is 0 Å². The van der Waals surface area contributed by atoms with Crippen LogP contribution in [-0.2, 0) is 6.61 Å². The molecule has 2 rings (SSSR count). The normalized spacial score (nSPS) is 10.2. The summed E-state index contributed by atoms with van der Waals surface area (Å²) in [4.78, 5) is 2.07. The van der Waals surface area contributed by atoms with Crippen molar-refractivity contribution in [3.05, 3.63) is 59.7 Å². The first-order valence-corrected chi connectivity index (χ1v) is 6.11. The Kier molecular flexibility index (Phi) is 3.88. The van der Waals surface area contributed by atoms with Crippen LogP contribution in [-0.4, -0.2) is 14.1 Å². The molecule has 0 aliphatic heterocycles. The minimum Gasteiger partial charge on any atom is -0.487 e. The lowest BCUT2D eigenvalue weighted by Gasteiger charge is -2.18. The Morgan fingerprint density at radius 2 is 1.72 bits per heavy atom. The molecule has 0 aliphatic rings. The van der Waals surface area contributed by atoms with Crippen LogP contribution < -0.4 is 9.64 Å². The summed E-state index contributed by atoms with van der Waals surface area (Å²) in [5.41, 5.74) is 3.50. The second-order valence-electron chi connectivity index (χ2n) is 4.64. The predicted molar refractivity (Wildman–Crippen MR) is 76.3 cm³/mol. The highest BCUT2D eigenvalue weighted by atomic mass is 16.5. The van der Waals surface area contributed by atoms with Gasteiger partial charge in [0.1, 0.15) is 12.4 Å². The van der Waals surface area contributed by atoms with Gasteiger partial charge >= 0.3 is 0 Å². The van der Waals surface area contributed by atoms with Crippen LogP contribution in [0.4, 0.5) is 5.69 Å². The molecule has 18 heavy (non-hydrogen) atoms. The lowest BCUT2D eigenvalue weighted by Crippen LogP contribution is -2.10. The van der Waals surface area contributed by atoms with Crippen molar-refractivity contribution in [1.82, 2.24) is 0 Å². The third kappa shape index (κ3) is 3.04. The van der Waals surface area contributed by atoms with E-state index in [0.29, 0.717) is 6.61 Å². The molecule has 2 nitrogen and oxygen atoms in total. The first-order chi connectivity index (χ1) is 8.66. The second-order valence-corrected chi connectivity index (χ2v) is 4.64. The fourth-order valence-electron chi connectivity index (χ4n) is 1.84. The van der Waals surface area contributed by atoms with Crippen molar-refractivity contribution in [2.45, 2.75) is 13.5 Å². The summed E-state index contributed by atoms with van der Waals surface area (Å²) in [5, 5.41) is 0. The Bertz CT molecular complexity index is 506. The molecule has 0 amide bonds. The maximum Gasteiger partial charge on any atom is 0.143 e. The summed E-state index contributed by atoms with van der Waals surface area (Å²) in [7, 11) is 4.06. The van der Waals surface area contributed by atoms with Crippen LogP contribution in [0.25, 0.3) is 0 Å². The minimum atomic E-state index is 0.602. The average Bonchev–Trinajstić information content (AvgIpc) is 2.37. The van der Waals surface area contributed by atoms with Gasteiger partial charge in [0.15, 0.2) is 0 Å². The first-order valence-electron chi connectivity index (χ1n) is 6.11. The highest BCUT2D eigenvalue weighted by Crippen LogP contribution is 2.28. The SMILES string of the molecule is Cc1ccc(N(C)C)c(OCc2ccccc2)c1. The van der Waals surface area contributed by atoms with Gasteiger partial charge in [-0.15, -0.1) is 0 Å². The lowest BCUT2D eigenvalue weighted by atomic mass is 10.2. The van der Waals surface area contributed by atoms with Gasteiger partial charge in [0.25, 0.3) is 0 Å². The van der Waals surface area contributed by atoms with E-state index in [2.05, 4.69) is 42.2 Å². The largest absolute Gasteiger partial charge is 0.487 e. The molecule has 0 atom stereocenters. The molecule has 2 aromatic carbocycles. The van der Waals surface area contributed by atoms with Gasteiger partial charge in [-0.3, -0.25) is 0 Å². The lowest BCUT2D eigenvalue weighted by molar-refractivity contribution is 0.307. The molecule has 0 spiro atoms. The van der Waals surface area contributed by atoms with E-state index < -0.39 is 0 Å². The number of rotatable bonds is 4. The highest BCUT2D eigenvalue weighted by molar-refractivity contribution is 5.58. The van der Waals surface area contributed by atoms with Crippen molar-refractivity contribution < 1.29 is 4.74 Å². The quantitative estimate of drug-likeness (QED) is 0.810. The van der Waals surface area contributed by atoms with Gasteiger partial charge in [-0.05, 0) is 30.2 Å². The molecule has 0 bridgehead atoms. The Morgan fingerprint density at radius 3 is 2.39 bits per heavy atom. The van der Waals surface area contributed by atoms with Crippen LogP contribution in [0.5, 0.6) is 5.75 Å². The number of aryl methyl sites for hydroxylation is 1. The molecule has 0 radical (unpaired) electrons. The van der Waals surface area contributed by atoms with Crippen LogP contribution in [0.3, 0.4) is 0 Å². The molecule has 2 heteroatoms. The smallest absolute Gasteiger partial charge is 0.143 e. The van der Waals surface area contributed by atoms with Gasteiger partial charge in [0.05, 0.1) is 5.69 Å². The maximum absolute atomic E-state index is 5.92. The summed E-state index contributed by atoms with van der Waals surface area (Å²) >= 11 is 0. The fraction of sp³-hybridized carbons (Fsp3) is 0.250. The maximum atomic E-state index is 5.92. The third-order valence-electron chi connectivity index (χ3n) is 2.83. The van der Waals surface area contributed by atoms with E-state index in [-0.39, 0.29) is 0 Å². The van der Waals surface area contributed by atoms with Gasteiger partial charge in [-0.2, -0.15) is 0 Å². The topological polar surface area (TPSA) is 12.5 Å². The molecule has 0 fully saturated rings. The minimum absolute atomic E-state index is 0.602. The molecule has 0 aromatic heterocycles. The van der Waals surface area contributed by atoms with Crippen LogP contribution in [0.2, 0.25) is 0 Å². The van der Waals surface area contributed by atoms with E-state index in [1.165, 1.54) is 11.1 Å². The van der Waals surface area contributed by atoms with Gasteiger partial charge in [-0.1, -0.05) is 36.4 Å². The van der Waals surface area contributed by atoms with Gasteiger partial charge in [-0.25, -0.2) is 0 Å². The number of hydrogen-bond acceptors (Lipinski definition) is 2. The molecule has 0 saturated heterocycles. The Morgan fingerprint density at radius 1 is 1.00 bits per heavy atom. The van der Waals surface area contributed by atoms with Crippen molar-refractivity contribution in [2.75, 3.05) is 19.0 Å². The zero-order valence-electron chi connectivity index (χ0n) is 11.2. The van der Waals surface area contributed by atoms with Crippen molar-refractivity contribution >= 4 is 5.69 Å². The average molecular weight is 241 g/mol. The zero-order chi connectivity index (χ0) is 13.0.